The summed E-state index contributed by atoms with van der Waals surface area (Å²) >= 11 is 10.4. The van der Waals surface area contributed by atoms with Crippen LogP contribution in [-0.4, -0.2) is 91.8 Å². The molecule has 386 valence electrons. The van der Waals surface area contributed by atoms with Gasteiger partial charge in [0.1, 0.15) is 52.5 Å². The molecular formula is C52H57BrClN7O12. The predicted octanol–water partition coefficient (Wildman–Crippen LogP) is 8.94. The minimum Gasteiger partial charge on any atom is -0.497 e. The van der Waals surface area contributed by atoms with Gasteiger partial charge in [0.25, 0.3) is 0 Å². The van der Waals surface area contributed by atoms with Crippen molar-refractivity contribution in [2.75, 3.05) is 41.0 Å². The van der Waals surface area contributed by atoms with E-state index in [1.807, 2.05) is 30.3 Å². The quantitative estimate of drug-likeness (QED) is 0.0568. The molecule has 5 aromatic carbocycles. The van der Waals surface area contributed by atoms with Gasteiger partial charge in [0.2, 0.25) is 11.8 Å². The largest absolute Gasteiger partial charge is 0.497 e. The minimum absolute atomic E-state index is 0.0122. The number of aliphatic hydroxyl groups is 1. The number of hydrogen-bond donors (Lipinski definition) is 6. The maximum absolute atomic E-state index is 15.1. The van der Waals surface area contributed by atoms with E-state index in [-0.39, 0.29) is 57.9 Å². The number of rotatable bonds is 14. The molecule has 1 fully saturated rings. The molecule has 3 aliphatic heterocycles. The van der Waals surface area contributed by atoms with E-state index in [4.69, 9.17) is 45.8 Å². The molecule has 1 saturated heterocycles. The minimum atomic E-state index is -2.00. The lowest BCUT2D eigenvalue weighted by Crippen LogP contribution is -2.51. The Morgan fingerprint density at radius 3 is 2.26 bits per heavy atom. The van der Waals surface area contributed by atoms with Gasteiger partial charge in [-0.1, -0.05) is 59.3 Å². The van der Waals surface area contributed by atoms with Gasteiger partial charge in [-0.2, -0.15) is 0 Å². The second-order valence-electron chi connectivity index (χ2n) is 18.1. The van der Waals surface area contributed by atoms with Gasteiger partial charge < -0.3 is 60.3 Å². The maximum atomic E-state index is 15.1. The van der Waals surface area contributed by atoms with Crippen LogP contribution < -0.4 is 40.6 Å². The van der Waals surface area contributed by atoms with Crippen LogP contribution >= 0.6 is 27.5 Å². The molecule has 3 heterocycles. The van der Waals surface area contributed by atoms with E-state index in [2.05, 4.69) is 42.2 Å². The molecule has 0 saturated carbocycles. The molecule has 21 heteroatoms. The highest BCUT2D eigenvalue weighted by molar-refractivity contribution is 9.10. The first-order valence-corrected chi connectivity index (χ1v) is 24.3. The SMILES string of the molecule is COc1cc(OC)c(-c2cc([C@H]3NC(=O)[C@H](NC(=O)OC(C)(C)C)c4cc(Br)c(N=NN5CCCC5)c(c4)Oc4ccc(cc4Cl)[C@@H](O)[C@@H](C(=O)O)NC3=O)ccc2OC)c([C@H](N)COCc2ccccc2)c1. The van der Waals surface area contributed by atoms with E-state index in [9.17, 15) is 24.6 Å². The fourth-order valence-corrected chi connectivity index (χ4v) is 9.00. The van der Waals surface area contributed by atoms with Crippen LogP contribution in [0.1, 0.15) is 85.7 Å². The topological polar surface area (TPSA) is 254 Å². The molecule has 7 N–H and O–H groups in total. The first kappa shape index (κ1) is 53.8. The van der Waals surface area contributed by atoms with Gasteiger partial charge in [0.05, 0.1) is 45.6 Å². The number of hydrogen-bond acceptors (Lipinski definition) is 14. The van der Waals surface area contributed by atoms with Crippen LogP contribution in [0.4, 0.5) is 10.5 Å². The molecule has 4 bridgehead atoms. The normalized spacial score (nSPS) is 18.6. The van der Waals surface area contributed by atoms with E-state index in [1.54, 1.807) is 50.0 Å². The zero-order valence-corrected chi connectivity index (χ0v) is 43.3. The number of methoxy groups -OCH3 is 3. The maximum Gasteiger partial charge on any atom is 0.408 e. The van der Waals surface area contributed by atoms with Gasteiger partial charge in [-0.25, -0.2) is 9.59 Å². The molecule has 0 unspecified atom stereocenters. The average Bonchev–Trinajstić information content (AvgIpc) is 3.89. The number of aliphatic hydroxyl groups excluding tert-OH is 1. The van der Waals surface area contributed by atoms with Gasteiger partial charge in [-0.3, -0.25) is 14.6 Å². The molecule has 0 aromatic heterocycles. The van der Waals surface area contributed by atoms with Gasteiger partial charge in [0.15, 0.2) is 11.8 Å². The van der Waals surface area contributed by atoms with Crippen molar-refractivity contribution < 1.29 is 57.8 Å². The third-order valence-corrected chi connectivity index (χ3v) is 12.7. The third kappa shape index (κ3) is 13.2. The summed E-state index contributed by atoms with van der Waals surface area (Å²) in [4.78, 5) is 56.7. The lowest BCUT2D eigenvalue weighted by molar-refractivity contribution is -0.145. The summed E-state index contributed by atoms with van der Waals surface area (Å²) in [5.41, 5.74) is 8.49. The number of nitrogens with two attached hydrogens (primary N) is 1. The first-order valence-electron chi connectivity index (χ1n) is 23.2. The predicted molar refractivity (Wildman–Crippen MR) is 273 cm³/mol. The Kier molecular flexibility index (Phi) is 17.5. The number of ether oxygens (including phenoxy) is 6. The number of carbonyl (C=O) groups excluding carboxylic acids is 3. The van der Waals surface area contributed by atoms with Crippen LogP contribution in [0.15, 0.2) is 106 Å². The second kappa shape index (κ2) is 23.7. The fraction of sp³-hybridized carbons (Fsp3) is 0.346. The molecule has 3 aliphatic rings. The van der Waals surface area contributed by atoms with E-state index in [1.165, 1.54) is 57.7 Å². The number of carbonyl (C=O) groups is 4. The number of carboxylic acids is 1. The molecule has 8 rings (SSSR count). The molecular weight excluding hydrogens is 1030 g/mol. The summed E-state index contributed by atoms with van der Waals surface area (Å²) in [6.07, 6.45) is -1.02. The molecule has 73 heavy (non-hydrogen) atoms. The Morgan fingerprint density at radius 2 is 1.60 bits per heavy atom. The third-order valence-electron chi connectivity index (χ3n) is 11.8. The number of alkyl carbamates (subject to hydrolysis) is 1. The molecule has 0 aliphatic carbocycles. The Balaban J connectivity index is 1.40. The second-order valence-corrected chi connectivity index (χ2v) is 19.4. The van der Waals surface area contributed by atoms with Crippen molar-refractivity contribution in [3.05, 3.63) is 128 Å². The number of aliphatic carboxylic acids is 1. The van der Waals surface area contributed by atoms with Crippen LogP contribution in [0.3, 0.4) is 0 Å². The summed E-state index contributed by atoms with van der Waals surface area (Å²) in [7, 11) is 4.39. The van der Waals surface area contributed by atoms with Gasteiger partial charge in [-0.15, -0.1) is 5.11 Å². The van der Waals surface area contributed by atoms with E-state index >= 15 is 4.79 Å². The van der Waals surface area contributed by atoms with Crippen molar-refractivity contribution >= 4 is 57.1 Å². The molecule has 3 amide bonds. The molecule has 5 atom stereocenters. The van der Waals surface area contributed by atoms with Crippen molar-refractivity contribution in [3.63, 3.8) is 0 Å². The molecule has 5 aromatic rings. The average molecular weight is 1090 g/mol. The number of benzene rings is 5. The monoisotopic (exact) mass is 1090 g/mol. The molecule has 0 spiro atoms. The van der Waals surface area contributed by atoms with Crippen LogP contribution in [0.5, 0.6) is 28.7 Å². The van der Waals surface area contributed by atoms with Crippen LogP contribution in [0.25, 0.3) is 11.1 Å². The van der Waals surface area contributed by atoms with Crippen molar-refractivity contribution in [1.82, 2.24) is 21.0 Å². The number of fused-ring (bicyclic) bond motifs is 9. The Morgan fingerprint density at radius 1 is 0.890 bits per heavy atom. The number of carboxylic acid groups (broad SMARTS) is 1. The first-order chi connectivity index (χ1) is 34.9. The Labute approximate surface area is 435 Å². The van der Waals surface area contributed by atoms with Gasteiger partial charge >= 0.3 is 12.1 Å². The summed E-state index contributed by atoms with van der Waals surface area (Å²) in [5.74, 6) is -2.58. The zero-order chi connectivity index (χ0) is 52.6. The van der Waals surface area contributed by atoms with Crippen LogP contribution in [0, 0.1) is 0 Å². The summed E-state index contributed by atoms with van der Waals surface area (Å²) in [6.45, 7) is 6.62. The van der Waals surface area contributed by atoms with Crippen LogP contribution in [-0.2, 0) is 30.5 Å². The van der Waals surface area contributed by atoms with E-state index in [0.717, 1.165) is 18.4 Å². The van der Waals surface area contributed by atoms with Gasteiger partial charge in [-0.05, 0) is 120 Å². The highest BCUT2D eigenvalue weighted by atomic mass is 79.9. The molecule has 0 radical (unpaired) electrons. The summed E-state index contributed by atoms with van der Waals surface area (Å²) in [5, 5.41) is 40.7. The zero-order valence-electron chi connectivity index (χ0n) is 40.9. The van der Waals surface area contributed by atoms with Crippen molar-refractivity contribution in [1.29, 1.82) is 0 Å². The lowest BCUT2D eigenvalue weighted by Gasteiger charge is -2.28. The van der Waals surface area contributed by atoms with Gasteiger partial charge in [0, 0.05) is 34.8 Å². The lowest BCUT2D eigenvalue weighted by atomic mass is 9.90. The van der Waals surface area contributed by atoms with Crippen molar-refractivity contribution in [2.24, 2.45) is 16.1 Å². The summed E-state index contributed by atoms with van der Waals surface area (Å²) in [6, 6.07) is 18.4. The highest BCUT2D eigenvalue weighted by Gasteiger charge is 2.37. The van der Waals surface area contributed by atoms with Crippen molar-refractivity contribution in [2.45, 2.75) is 76.1 Å². The number of halogens is 2. The molecule has 19 nitrogen and oxygen atoms in total. The van der Waals surface area contributed by atoms with E-state index in [0.29, 0.717) is 45.8 Å². The number of nitrogens with one attached hydrogen (secondary N) is 3. The van der Waals surface area contributed by atoms with Crippen molar-refractivity contribution in [3.8, 4) is 39.9 Å². The Bertz CT molecular complexity index is 2860. The number of nitrogens with zero attached hydrogens (tertiary/aromatic N) is 3. The highest BCUT2D eigenvalue weighted by Crippen LogP contribution is 2.46. The number of amides is 3. The van der Waals surface area contributed by atoms with E-state index < -0.39 is 59.7 Å². The Hall–Kier alpha value is -6.97. The fourth-order valence-electron chi connectivity index (χ4n) is 8.23. The van der Waals surface area contributed by atoms with Crippen LogP contribution in [0.2, 0.25) is 5.02 Å². The standard InChI is InChI=1S/C52H57BrClN7O12/c1-52(2,3)73-51(67)58-44-31-21-35(53)45(59-60-61-18-10-11-19-61)41(23-31)72-39-17-15-30(22-36(39)54)47(62)46(50(65)66)57-48(63)43(56-49(44)64)29-14-16-38(69-5)34(20-29)42-33(24-32(68-4)25-40(42)70-6)37(55)27-71-26-28-12-8-7-9-13-28/h7-9,12-17,20-25,37,43-44,46-47,62H,10-11,18-19,26-27,55H2,1-6H3,(H,56,64)(H,57,63)(H,58,67)(H,65,66)/t37-,43-,44-,46+,47-/m1/s1. The summed E-state index contributed by atoms with van der Waals surface area (Å²) < 4.78 is 35.8. The smallest absolute Gasteiger partial charge is 0.408 e.